The van der Waals surface area contributed by atoms with E-state index < -0.39 is 12.1 Å². The van der Waals surface area contributed by atoms with E-state index in [1.807, 2.05) is 0 Å². The molecule has 0 radical (unpaired) electrons. The molecule has 1 rings (SSSR count). The van der Waals surface area contributed by atoms with E-state index in [9.17, 15) is 9.90 Å². The highest BCUT2D eigenvalue weighted by Gasteiger charge is 2.14. The van der Waals surface area contributed by atoms with Crippen LogP contribution in [0.25, 0.3) is 0 Å². The summed E-state index contributed by atoms with van der Waals surface area (Å²) in [6.45, 7) is 2.04. The number of carbonyl (C=O) groups is 1. The van der Waals surface area contributed by atoms with E-state index in [-0.39, 0.29) is 19.1 Å². The molecule has 2 unspecified atom stereocenters. The zero-order chi connectivity index (χ0) is 15.0. The summed E-state index contributed by atoms with van der Waals surface area (Å²) in [5, 5.41) is 12.6. The molecule has 6 nitrogen and oxygen atoms in total. The topological polar surface area (TPSA) is 77.0 Å². The monoisotopic (exact) mass is 283 g/mol. The Bertz CT molecular complexity index is 407. The summed E-state index contributed by atoms with van der Waals surface area (Å²) < 4.78 is 15.0. The number of esters is 1. The second-order valence-corrected chi connectivity index (χ2v) is 4.29. The van der Waals surface area contributed by atoms with E-state index in [2.05, 4.69) is 10.1 Å². The Labute approximate surface area is 118 Å². The van der Waals surface area contributed by atoms with E-state index in [1.54, 1.807) is 38.3 Å². The first-order chi connectivity index (χ1) is 9.56. The summed E-state index contributed by atoms with van der Waals surface area (Å²) in [6.07, 6.45) is -0.718. The Morgan fingerprint density at radius 3 is 2.40 bits per heavy atom. The molecule has 0 fully saturated rings. The fourth-order valence-electron chi connectivity index (χ4n) is 1.50. The van der Waals surface area contributed by atoms with E-state index in [0.717, 1.165) is 5.75 Å². The number of rotatable bonds is 8. The Morgan fingerprint density at radius 2 is 1.85 bits per heavy atom. The predicted molar refractivity (Wildman–Crippen MR) is 74.0 cm³/mol. The molecule has 0 saturated carbocycles. The largest absolute Gasteiger partial charge is 0.497 e. The van der Waals surface area contributed by atoms with Crippen LogP contribution in [-0.2, 0) is 9.53 Å². The molecule has 0 bridgehead atoms. The lowest BCUT2D eigenvalue weighted by Crippen LogP contribution is -2.41. The van der Waals surface area contributed by atoms with Crippen molar-refractivity contribution >= 4 is 5.97 Å². The highest BCUT2D eigenvalue weighted by Crippen LogP contribution is 2.16. The Hall–Kier alpha value is -1.79. The molecule has 0 aliphatic heterocycles. The van der Waals surface area contributed by atoms with Gasteiger partial charge < -0.3 is 24.6 Å². The summed E-state index contributed by atoms with van der Waals surface area (Å²) in [5.74, 6) is 1.02. The number of hydrogen-bond acceptors (Lipinski definition) is 6. The molecular formula is C14H21NO5. The molecule has 6 heteroatoms. The lowest BCUT2D eigenvalue weighted by molar-refractivity contribution is -0.142. The molecule has 112 valence electrons. The SMILES string of the molecule is COC(=O)C(C)NCC(O)COc1ccc(OC)cc1. The van der Waals surface area contributed by atoms with E-state index in [4.69, 9.17) is 9.47 Å². The van der Waals surface area contributed by atoms with Gasteiger partial charge in [-0.3, -0.25) is 4.79 Å². The Morgan fingerprint density at radius 1 is 1.25 bits per heavy atom. The quantitative estimate of drug-likeness (QED) is 0.680. The molecule has 0 aliphatic rings. The van der Waals surface area contributed by atoms with Gasteiger partial charge in [0, 0.05) is 6.54 Å². The molecule has 0 aliphatic carbocycles. The lowest BCUT2D eigenvalue weighted by atomic mass is 10.3. The van der Waals surface area contributed by atoms with Gasteiger partial charge in [0.25, 0.3) is 0 Å². The smallest absolute Gasteiger partial charge is 0.322 e. The Balaban J connectivity index is 2.28. The summed E-state index contributed by atoms with van der Waals surface area (Å²) in [7, 11) is 2.91. The van der Waals surface area contributed by atoms with Gasteiger partial charge in [0.05, 0.1) is 14.2 Å². The third-order valence-corrected chi connectivity index (χ3v) is 2.72. The highest BCUT2D eigenvalue weighted by atomic mass is 16.5. The minimum atomic E-state index is -0.718. The fourth-order valence-corrected chi connectivity index (χ4v) is 1.50. The summed E-state index contributed by atoms with van der Waals surface area (Å²) in [6, 6.07) is 6.61. The number of hydrogen-bond donors (Lipinski definition) is 2. The normalized spacial score (nSPS) is 13.4. The van der Waals surface area contributed by atoms with Crippen molar-refractivity contribution in [2.45, 2.75) is 19.1 Å². The van der Waals surface area contributed by atoms with Gasteiger partial charge in [-0.2, -0.15) is 0 Å². The van der Waals surface area contributed by atoms with Crippen LogP contribution in [0.5, 0.6) is 11.5 Å². The van der Waals surface area contributed by atoms with Gasteiger partial charge >= 0.3 is 5.97 Å². The van der Waals surface area contributed by atoms with Crippen molar-refractivity contribution in [1.82, 2.24) is 5.32 Å². The predicted octanol–water partition coefficient (Wildman–Crippen LogP) is 0.586. The highest BCUT2D eigenvalue weighted by molar-refractivity contribution is 5.75. The van der Waals surface area contributed by atoms with Crippen LogP contribution in [0, 0.1) is 0 Å². The average Bonchev–Trinajstić information content (AvgIpc) is 2.50. The van der Waals surface area contributed by atoms with Crippen molar-refractivity contribution in [3.05, 3.63) is 24.3 Å². The van der Waals surface area contributed by atoms with E-state index in [0.29, 0.717) is 5.75 Å². The van der Waals surface area contributed by atoms with Gasteiger partial charge in [-0.15, -0.1) is 0 Å². The van der Waals surface area contributed by atoms with Crippen LogP contribution in [0.15, 0.2) is 24.3 Å². The van der Waals surface area contributed by atoms with Crippen molar-refractivity contribution in [3.63, 3.8) is 0 Å². The van der Waals surface area contributed by atoms with E-state index in [1.165, 1.54) is 7.11 Å². The van der Waals surface area contributed by atoms with Crippen molar-refractivity contribution in [2.75, 3.05) is 27.4 Å². The summed E-state index contributed by atoms with van der Waals surface area (Å²) in [5.41, 5.74) is 0. The van der Waals surface area contributed by atoms with Crippen LogP contribution >= 0.6 is 0 Å². The Kier molecular flexibility index (Phi) is 6.83. The molecule has 20 heavy (non-hydrogen) atoms. The first kappa shape index (κ1) is 16.3. The molecule has 0 aromatic heterocycles. The van der Waals surface area contributed by atoms with Gasteiger partial charge in [-0.05, 0) is 31.2 Å². The molecule has 1 aromatic carbocycles. The van der Waals surface area contributed by atoms with Crippen LogP contribution in [0.2, 0.25) is 0 Å². The number of carbonyl (C=O) groups excluding carboxylic acids is 1. The van der Waals surface area contributed by atoms with Crippen LogP contribution < -0.4 is 14.8 Å². The third-order valence-electron chi connectivity index (χ3n) is 2.72. The molecule has 0 heterocycles. The van der Waals surface area contributed by atoms with Crippen molar-refractivity contribution < 1.29 is 24.1 Å². The molecule has 0 spiro atoms. The van der Waals surface area contributed by atoms with Crippen molar-refractivity contribution in [1.29, 1.82) is 0 Å². The minimum absolute atomic E-state index is 0.132. The fraction of sp³-hybridized carbons (Fsp3) is 0.500. The molecule has 0 saturated heterocycles. The second-order valence-electron chi connectivity index (χ2n) is 4.29. The van der Waals surface area contributed by atoms with Crippen LogP contribution in [-0.4, -0.2) is 50.6 Å². The second kappa shape index (κ2) is 8.39. The average molecular weight is 283 g/mol. The number of methoxy groups -OCH3 is 2. The number of nitrogens with one attached hydrogen (secondary N) is 1. The molecular weight excluding hydrogens is 262 g/mol. The molecule has 2 N–H and O–H groups in total. The zero-order valence-corrected chi connectivity index (χ0v) is 12.0. The maximum absolute atomic E-state index is 11.2. The number of benzene rings is 1. The van der Waals surface area contributed by atoms with Gasteiger partial charge in [0.2, 0.25) is 0 Å². The van der Waals surface area contributed by atoms with E-state index >= 15 is 0 Å². The maximum atomic E-state index is 11.2. The zero-order valence-electron chi connectivity index (χ0n) is 12.0. The van der Waals surface area contributed by atoms with Gasteiger partial charge in [0.15, 0.2) is 0 Å². The number of ether oxygens (including phenoxy) is 3. The third kappa shape index (κ3) is 5.46. The van der Waals surface area contributed by atoms with Crippen LogP contribution in [0.1, 0.15) is 6.92 Å². The molecule has 1 aromatic rings. The van der Waals surface area contributed by atoms with Crippen molar-refractivity contribution in [3.8, 4) is 11.5 Å². The standard InChI is InChI=1S/C14H21NO5/c1-10(14(17)19-3)15-8-11(16)9-20-13-6-4-12(18-2)5-7-13/h4-7,10-11,15-16H,8-9H2,1-3H3. The first-order valence-electron chi connectivity index (χ1n) is 6.33. The van der Waals surface area contributed by atoms with Gasteiger partial charge in [-0.25, -0.2) is 0 Å². The number of aliphatic hydroxyl groups is 1. The first-order valence-corrected chi connectivity index (χ1v) is 6.33. The molecule has 0 amide bonds. The summed E-state index contributed by atoms with van der Waals surface area (Å²) >= 11 is 0. The van der Waals surface area contributed by atoms with Gasteiger partial charge in [-0.1, -0.05) is 0 Å². The maximum Gasteiger partial charge on any atom is 0.322 e. The van der Waals surface area contributed by atoms with Crippen LogP contribution in [0.3, 0.4) is 0 Å². The lowest BCUT2D eigenvalue weighted by Gasteiger charge is -2.16. The van der Waals surface area contributed by atoms with Gasteiger partial charge in [0.1, 0.15) is 30.3 Å². The minimum Gasteiger partial charge on any atom is -0.497 e. The molecule has 2 atom stereocenters. The summed E-state index contributed by atoms with van der Waals surface area (Å²) in [4.78, 5) is 11.2. The van der Waals surface area contributed by atoms with Crippen molar-refractivity contribution in [2.24, 2.45) is 0 Å². The number of aliphatic hydroxyl groups excluding tert-OH is 1. The van der Waals surface area contributed by atoms with Crippen LogP contribution in [0.4, 0.5) is 0 Å².